The Morgan fingerprint density at radius 1 is 1.09 bits per heavy atom. The molecule has 0 saturated heterocycles. The monoisotopic (exact) mass is 471 g/mol. The second-order valence-corrected chi connectivity index (χ2v) is 9.92. The fourth-order valence-electron chi connectivity index (χ4n) is 4.85. The summed E-state index contributed by atoms with van der Waals surface area (Å²) in [5.74, 6) is -2.01. The highest BCUT2D eigenvalue weighted by atomic mass is 19.1. The Kier molecular flexibility index (Phi) is 7.31. The van der Waals surface area contributed by atoms with Gasteiger partial charge in [0.25, 0.3) is 17.6 Å². The van der Waals surface area contributed by atoms with Crippen molar-refractivity contribution in [1.82, 2.24) is 9.88 Å². The quantitative estimate of drug-likeness (QED) is 0.438. The van der Waals surface area contributed by atoms with Gasteiger partial charge in [-0.2, -0.15) is 0 Å². The van der Waals surface area contributed by atoms with Crippen molar-refractivity contribution < 1.29 is 23.9 Å². The molecule has 1 aliphatic carbocycles. The minimum absolute atomic E-state index is 0.124. The summed E-state index contributed by atoms with van der Waals surface area (Å²) >= 11 is 0. The number of halogens is 1. The lowest BCUT2D eigenvalue weighted by molar-refractivity contribution is -0.118. The number of nitrogens with one attached hydrogen (secondary N) is 2. The molecule has 1 fully saturated rings. The molecule has 0 bridgehead atoms. The van der Waals surface area contributed by atoms with Gasteiger partial charge < -0.3 is 20.3 Å². The van der Waals surface area contributed by atoms with E-state index in [1.165, 1.54) is 18.2 Å². The number of amides is 2. The highest BCUT2D eigenvalue weighted by Crippen LogP contribution is 2.32. The number of nitrogens with zero attached hydrogens (tertiary/aromatic N) is 1. The maximum Gasteiger partial charge on any atom is 0.294 e. The molecular formula is C26H34FN3O4. The minimum Gasteiger partial charge on any atom is -0.390 e. The highest BCUT2D eigenvalue weighted by Gasteiger charge is 2.34. The Morgan fingerprint density at radius 3 is 2.26 bits per heavy atom. The molecule has 1 heterocycles. The first kappa shape index (κ1) is 25.6. The number of rotatable bonds is 6. The summed E-state index contributed by atoms with van der Waals surface area (Å²) in [4.78, 5) is 38.8. The number of ketones is 1. The van der Waals surface area contributed by atoms with Gasteiger partial charge in [0.2, 0.25) is 0 Å². The molecule has 3 rings (SSSR count). The standard InChI is InChI=1S/C26H34FN3O4/c1-14-13-19(11-12-20(14)27)29-24(32)21-15(2)22(30(6)16(21)3)23(31)25(33)28-18-9-7-17(8-10-18)26(4,5)34/h11-13,17-18,34H,7-10H2,1-6H3,(H,28,33)(H,29,32)/t17-,18-. The topological polar surface area (TPSA) is 100 Å². The van der Waals surface area contributed by atoms with Crippen LogP contribution in [-0.2, 0) is 11.8 Å². The summed E-state index contributed by atoms with van der Waals surface area (Å²) in [6.45, 7) is 8.56. The predicted molar refractivity (Wildman–Crippen MR) is 128 cm³/mol. The third-order valence-corrected chi connectivity index (χ3v) is 7.06. The summed E-state index contributed by atoms with van der Waals surface area (Å²) in [6, 6.07) is 4.16. The third kappa shape index (κ3) is 5.22. The van der Waals surface area contributed by atoms with Crippen molar-refractivity contribution >= 4 is 23.3 Å². The molecule has 7 nitrogen and oxygen atoms in total. The zero-order chi connectivity index (χ0) is 25.4. The molecule has 0 unspecified atom stereocenters. The molecule has 1 aromatic heterocycles. The van der Waals surface area contributed by atoms with Gasteiger partial charge in [-0.15, -0.1) is 0 Å². The number of benzene rings is 1. The van der Waals surface area contributed by atoms with Crippen LogP contribution in [0.2, 0.25) is 0 Å². The van der Waals surface area contributed by atoms with E-state index in [4.69, 9.17) is 0 Å². The number of aliphatic hydroxyl groups is 1. The van der Waals surface area contributed by atoms with E-state index in [2.05, 4.69) is 10.6 Å². The van der Waals surface area contributed by atoms with Gasteiger partial charge in [0, 0.05) is 24.5 Å². The minimum atomic E-state index is -0.758. The van der Waals surface area contributed by atoms with Gasteiger partial charge in [0.15, 0.2) is 0 Å². The molecule has 184 valence electrons. The van der Waals surface area contributed by atoms with E-state index in [0.717, 1.165) is 12.8 Å². The largest absolute Gasteiger partial charge is 0.390 e. The molecule has 0 atom stereocenters. The van der Waals surface area contributed by atoms with Crippen LogP contribution in [0.25, 0.3) is 0 Å². The molecule has 0 radical (unpaired) electrons. The second kappa shape index (κ2) is 9.70. The van der Waals surface area contributed by atoms with Crippen LogP contribution in [0.5, 0.6) is 0 Å². The van der Waals surface area contributed by atoms with Gasteiger partial charge in [-0.25, -0.2) is 4.39 Å². The third-order valence-electron chi connectivity index (χ3n) is 7.06. The van der Waals surface area contributed by atoms with Crippen molar-refractivity contribution in [2.75, 3.05) is 5.32 Å². The van der Waals surface area contributed by atoms with Crippen molar-refractivity contribution in [3.63, 3.8) is 0 Å². The second-order valence-electron chi connectivity index (χ2n) is 9.92. The Morgan fingerprint density at radius 2 is 1.71 bits per heavy atom. The average molecular weight is 472 g/mol. The molecule has 1 saturated carbocycles. The molecule has 1 aliphatic rings. The van der Waals surface area contributed by atoms with E-state index in [9.17, 15) is 23.9 Å². The lowest BCUT2D eigenvalue weighted by Gasteiger charge is -2.35. The summed E-state index contributed by atoms with van der Waals surface area (Å²) in [5, 5.41) is 15.8. The Balaban J connectivity index is 1.74. The Bertz CT molecular complexity index is 1120. The molecular weight excluding hydrogens is 437 g/mol. The molecule has 8 heteroatoms. The lowest BCUT2D eigenvalue weighted by Crippen LogP contribution is -2.44. The van der Waals surface area contributed by atoms with Crippen LogP contribution in [0.15, 0.2) is 18.2 Å². The van der Waals surface area contributed by atoms with Crippen molar-refractivity contribution in [2.24, 2.45) is 13.0 Å². The lowest BCUT2D eigenvalue weighted by atomic mass is 9.77. The number of aryl methyl sites for hydroxylation is 1. The van der Waals surface area contributed by atoms with Gasteiger partial charge in [0.05, 0.1) is 16.9 Å². The molecule has 34 heavy (non-hydrogen) atoms. The highest BCUT2D eigenvalue weighted by molar-refractivity contribution is 6.43. The fourth-order valence-corrected chi connectivity index (χ4v) is 4.85. The van der Waals surface area contributed by atoms with E-state index >= 15 is 0 Å². The van der Waals surface area contributed by atoms with Crippen LogP contribution < -0.4 is 10.6 Å². The van der Waals surface area contributed by atoms with E-state index in [-0.39, 0.29) is 23.5 Å². The molecule has 0 spiro atoms. The first-order valence-corrected chi connectivity index (χ1v) is 11.6. The van der Waals surface area contributed by atoms with Crippen LogP contribution >= 0.6 is 0 Å². The van der Waals surface area contributed by atoms with Gasteiger partial charge >= 0.3 is 0 Å². The normalized spacial score (nSPS) is 18.5. The smallest absolute Gasteiger partial charge is 0.294 e. The van der Waals surface area contributed by atoms with Gasteiger partial charge in [0.1, 0.15) is 5.82 Å². The molecule has 2 aromatic rings. The average Bonchev–Trinajstić information content (AvgIpc) is 2.98. The fraction of sp³-hybridized carbons (Fsp3) is 0.500. The number of carbonyl (C=O) groups excluding carboxylic acids is 3. The Hall–Kier alpha value is -3.00. The zero-order valence-corrected chi connectivity index (χ0v) is 20.7. The number of aromatic nitrogens is 1. The van der Waals surface area contributed by atoms with E-state index in [0.29, 0.717) is 40.9 Å². The van der Waals surface area contributed by atoms with Crippen molar-refractivity contribution in [1.29, 1.82) is 0 Å². The number of anilines is 1. The summed E-state index contributed by atoms with van der Waals surface area (Å²) in [5.41, 5.74) is 1.54. The first-order chi connectivity index (χ1) is 15.8. The maximum atomic E-state index is 13.5. The van der Waals surface area contributed by atoms with Crippen LogP contribution in [-0.4, -0.2) is 38.9 Å². The number of Topliss-reactive ketones (excluding diaryl/α,β-unsaturated/α-hetero) is 1. The van der Waals surface area contributed by atoms with Gasteiger partial charge in [-0.3, -0.25) is 14.4 Å². The van der Waals surface area contributed by atoms with E-state index in [1.807, 2.05) is 0 Å². The van der Waals surface area contributed by atoms with Crippen LogP contribution in [0.3, 0.4) is 0 Å². The summed E-state index contributed by atoms with van der Waals surface area (Å²) < 4.78 is 15.1. The molecule has 2 amide bonds. The van der Waals surface area contributed by atoms with Gasteiger partial charge in [-0.1, -0.05) is 0 Å². The molecule has 1 aromatic carbocycles. The molecule has 0 aliphatic heterocycles. The predicted octanol–water partition coefficient (Wildman–Crippen LogP) is 3.97. The van der Waals surface area contributed by atoms with E-state index in [1.54, 1.807) is 46.2 Å². The maximum absolute atomic E-state index is 13.5. The molecule has 3 N–H and O–H groups in total. The number of carbonyl (C=O) groups is 3. The first-order valence-electron chi connectivity index (χ1n) is 11.6. The number of hydrogen-bond acceptors (Lipinski definition) is 4. The van der Waals surface area contributed by atoms with Crippen LogP contribution in [0.4, 0.5) is 10.1 Å². The SMILES string of the molecule is Cc1cc(NC(=O)c2c(C)c(C(=O)C(=O)N[C@H]3CC[C@H](C(C)(C)O)CC3)n(C)c2C)ccc1F. The van der Waals surface area contributed by atoms with Crippen molar-refractivity contribution in [3.8, 4) is 0 Å². The van der Waals surface area contributed by atoms with Gasteiger partial charge in [-0.05, 0) is 95.5 Å². The van der Waals surface area contributed by atoms with Crippen molar-refractivity contribution in [2.45, 2.75) is 71.9 Å². The Labute approximate surface area is 199 Å². The van der Waals surface area contributed by atoms with Crippen molar-refractivity contribution in [3.05, 3.63) is 52.1 Å². The van der Waals surface area contributed by atoms with Crippen LogP contribution in [0, 0.1) is 32.5 Å². The summed E-state index contributed by atoms with van der Waals surface area (Å²) in [6.07, 6.45) is 2.95. The zero-order valence-electron chi connectivity index (χ0n) is 20.7. The summed E-state index contributed by atoms with van der Waals surface area (Å²) in [7, 11) is 1.65. The number of hydrogen-bond donors (Lipinski definition) is 3. The van der Waals surface area contributed by atoms with Crippen LogP contribution in [0.1, 0.15) is 77.2 Å². The van der Waals surface area contributed by atoms with E-state index < -0.39 is 23.2 Å².